The molecule has 0 radical (unpaired) electrons. The molecule has 0 spiro atoms. The summed E-state index contributed by atoms with van der Waals surface area (Å²) in [5.41, 5.74) is 16.1. The number of anilines is 2. The van der Waals surface area contributed by atoms with Crippen molar-refractivity contribution in [2.75, 3.05) is 50.2 Å². The van der Waals surface area contributed by atoms with Gasteiger partial charge in [-0.05, 0) is 69.5 Å². The van der Waals surface area contributed by atoms with Gasteiger partial charge in [0, 0.05) is 37.8 Å². The van der Waals surface area contributed by atoms with Crippen molar-refractivity contribution in [1.29, 1.82) is 0 Å². The quantitative estimate of drug-likeness (QED) is 0.152. The molecule has 204 valence electrons. The summed E-state index contributed by atoms with van der Waals surface area (Å²) >= 11 is 0. The maximum Gasteiger partial charge on any atom is 0.193 e. The number of guanidine groups is 2. The fourth-order valence-corrected chi connectivity index (χ4v) is 3.42. The van der Waals surface area contributed by atoms with Crippen LogP contribution in [0, 0.1) is 0 Å². The van der Waals surface area contributed by atoms with Crippen molar-refractivity contribution >= 4 is 23.3 Å². The average molecular weight is 515 g/mol. The van der Waals surface area contributed by atoms with Gasteiger partial charge in [-0.2, -0.15) is 0 Å². The van der Waals surface area contributed by atoms with E-state index in [0.717, 1.165) is 17.8 Å². The van der Waals surface area contributed by atoms with Crippen LogP contribution >= 0.6 is 0 Å². The molecule has 0 heterocycles. The van der Waals surface area contributed by atoms with Crippen molar-refractivity contribution in [3.8, 4) is 0 Å². The number of nitrogens with zero attached hydrogens (tertiary/aromatic N) is 2. The highest BCUT2D eigenvalue weighted by molar-refractivity contribution is 5.92. The standard InChI is InChI=1S/C27H42N6O4/c1-5-34-24(35-6-2)18-30-26(28)32-22-13-9-20(10-14-22)17-21-11-15-23(16-12-21)33-27(29)31-19-25(36-7-3)37-8-4/h9-16,24-25H,5-8,17-19H2,1-4H3,(H3,28,30,32)(H3,29,31,33). The highest BCUT2D eigenvalue weighted by Crippen LogP contribution is 2.16. The Hall–Kier alpha value is -3.18. The minimum atomic E-state index is -0.392. The molecule has 0 aromatic heterocycles. The first-order valence-corrected chi connectivity index (χ1v) is 12.7. The van der Waals surface area contributed by atoms with E-state index in [-0.39, 0.29) is 0 Å². The van der Waals surface area contributed by atoms with Gasteiger partial charge in [-0.3, -0.25) is 0 Å². The third kappa shape index (κ3) is 12.1. The molecule has 0 bridgehead atoms. The summed E-state index contributed by atoms with van der Waals surface area (Å²) in [7, 11) is 0. The molecular weight excluding hydrogens is 472 g/mol. The minimum absolute atomic E-state index is 0.314. The lowest BCUT2D eigenvalue weighted by Crippen LogP contribution is -2.27. The Labute approximate surface area is 220 Å². The zero-order chi connectivity index (χ0) is 26.9. The summed E-state index contributed by atoms with van der Waals surface area (Å²) in [5, 5.41) is 6.20. The molecular formula is C27H42N6O4. The molecule has 0 fully saturated rings. The Morgan fingerprint density at radius 3 is 1.24 bits per heavy atom. The number of aliphatic imine (C=N–C) groups is 2. The minimum Gasteiger partial charge on any atom is -0.370 e. The van der Waals surface area contributed by atoms with E-state index in [1.807, 2.05) is 52.0 Å². The van der Waals surface area contributed by atoms with Gasteiger partial charge in [0.15, 0.2) is 24.5 Å². The summed E-state index contributed by atoms with van der Waals surface area (Å²) in [6, 6.07) is 16.1. The Morgan fingerprint density at radius 2 is 0.946 bits per heavy atom. The molecule has 0 aliphatic carbocycles. The number of hydrogen-bond donors (Lipinski definition) is 4. The molecule has 0 saturated carbocycles. The first-order chi connectivity index (χ1) is 18.0. The monoisotopic (exact) mass is 514 g/mol. The maximum absolute atomic E-state index is 6.01. The van der Waals surface area contributed by atoms with Crippen molar-refractivity contribution in [3.63, 3.8) is 0 Å². The van der Waals surface area contributed by atoms with Gasteiger partial charge < -0.3 is 41.0 Å². The third-order valence-electron chi connectivity index (χ3n) is 5.09. The van der Waals surface area contributed by atoms with Crippen molar-refractivity contribution in [1.82, 2.24) is 0 Å². The van der Waals surface area contributed by atoms with Gasteiger partial charge in [0.05, 0.1) is 13.1 Å². The normalized spacial score (nSPS) is 12.4. The molecule has 2 aromatic rings. The molecule has 2 rings (SSSR count). The van der Waals surface area contributed by atoms with Crippen LogP contribution in [0.25, 0.3) is 0 Å². The lowest BCUT2D eigenvalue weighted by atomic mass is 10.0. The zero-order valence-electron chi connectivity index (χ0n) is 22.4. The van der Waals surface area contributed by atoms with Crippen molar-refractivity contribution in [3.05, 3.63) is 59.7 Å². The number of rotatable bonds is 16. The van der Waals surface area contributed by atoms with Crippen LogP contribution in [0.15, 0.2) is 58.5 Å². The second-order valence-corrected chi connectivity index (χ2v) is 7.95. The van der Waals surface area contributed by atoms with Gasteiger partial charge in [-0.25, -0.2) is 9.98 Å². The van der Waals surface area contributed by atoms with E-state index < -0.39 is 12.6 Å². The van der Waals surface area contributed by atoms with Crippen molar-refractivity contribution < 1.29 is 18.9 Å². The van der Waals surface area contributed by atoms with E-state index >= 15 is 0 Å². The lowest BCUT2D eigenvalue weighted by molar-refractivity contribution is -0.128. The van der Waals surface area contributed by atoms with E-state index in [0.29, 0.717) is 51.4 Å². The molecule has 37 heavy (non-hydrogen) atoms. The maximum atomic E-state index is 6.01. The summed E-state index contributed by atoms with van der Waals surface area (Å²) in [5.74, 6) is 0.628. The second-order valence-electron chi connectivity index (χ2n) is 7.95. The Kier molecular flexibility index (Phi) is 14.1. The topological polar surface area (TPSA) is 138 Å². The highest BCUT2D eigenvalue weighted by atomic mass is 16.7. The molecule has 0 amide bonds. The van der Waals surface area contributed by atoms with Crippen LogP contribution in [-0.2, 0) is 25.4 Å². The van der Waals surface area contributed by atoms with E-state index in [1.54, 1.807) is 0 Å². The molecule has 0 aliphatic heterocycles. The van der Waals surface area contributed by atoms with Crippen LogP contribution in [0.1, 0.15) is 38.8 Å². The van der Waals surface area contributed by atoms with E-state index in [9.17, 15) is 0 Å². The van der Waals surface area contributed by atoms with Gasteiger partial charge in [0.2, 0.25) is 0 Å². The summed E-state index contributed by atoms with van der Waals surface area (Å²) in [4.78, 5) is 8.62. The SMILES string of the molecule is CCOC(CN=C(N)Nc1ccc(Cc2ccc(NC(N)=NCC(OCC)OCC)cc2)cc1)OCC. The highest BCUT2D eigenvalue weighted by Gasteiger charge is 2.08. The smallest absolute Gasteiger partial charge is 0.193 e. The molecule has 10 heteroatoms. The van der Waals surface area contributed by atoms with E-state index in [2.05, 4.69) is 44.9 Å². The van der Waals surface area contributed by atoms with Crippen LogP contribution in [0.5, 0.6) is 0 Å². The Bertz CT molecular complexity index is 861. The van der Waals surface area contributed by atoms with Crippen LogP contribution in [-0.4, -0.2) is 64.0 Å². The first-order valence-electron chi connectivity index (χ1n) is 12.7. The average Bonchev–Trinajstić information content (AvgIpc) is 2.89. The van der Waals surface area contributed by atoms with Gasteiger partial charge in [0.25, 0.3) is 0 Å². The Morgan fingerprint density at radius 1 is 0.622 bits per heavy atom. The fraction of sp³-hybridized carbons (Fsp3) is 0.481. The summed E-state index contributed by atoms with van der Waals surface area (Å²) in [6.45, 7) is 10.6. The van der Waals surface area contributed by atoms with Crippen molar-refractivity contribution in [2.45, 2.75) is 46.7 Å². The third-order valence-corrected chi connectivity index (χ3v) is 5.09. The summed E-state index contributed by atoms with van der Waals surface area (Å²) < 4.78 is 21.9. The molecule has 0 aliphatic rings. The number of nitrogens with two attached hydrogens (primary N) is 2. The van der Waals surface area contributed by atoms with E-state index in [1.165, 1.54) is 11.1 Å². The fourth-order valence-electron chi connectivity index (χ4n) is 3.42. The van der Waals surface area contributed by atoms with Crippen LogP contribution in [0.4, 0.5) is 11.4 Å². The van der Waals surface area contributed by atoms with Crippen LogP contribution in [0.3, 0.4) is 0 Å². The number of benzene rings is 2. The molecule has 0 saturated heterocycles. The largest absolute Gasteiger partial charge is 0.370 e. The predicted molar refractivity (Wildman–Crippen MR) is 150 cm³/mol. The van der Waals surface area contributed by atoms with Crippen LogP contribution in [0.2, 0.25) is 0 Å². The molecule has 6 N–H and O–H groups in total. The Balaban J connectivity index is 1.86. The predicted octanol–water partition coefficient (Wildman–Crippen LogP) is 3.53. The second kappa shape index (κ2) is 17.3. The number of hydrogen-bond acceptors (Lipinski definition) is 6. The number of ether oxygens (including phenoxy) is 4. The molecule has 2 aromatic carbocycles. The lowest BCUT2D eigenvalue weighted by Gasteiger charge is -2.15. The van der Waals surface area contributed by atoms with Gasteiger partial charge in [-0.15, -0.1) is 0 Å². The number of nitrogens with one attached hydrogen (secondary N) is 2. The molecule has 0 atom stereocenters. The van der Waals surface area contributed by atoms with Crippen LogP contribution < -0.4 is 22.1 Å². The first kappa shape index (κ1) is 30.0. The van der Waals surface area contributed by atoms with Gasteiger partial charge in [-0.1, -0.05) is 24.3 Å². The summed E-state index contributed by atoms with van der Waals surface area (Å²) in [6.07, 6.45) is 0.00930. The zero-order valence-corrected chi connectivity index (χ0v) is 22.4. The molecule has 0 unspecified atom stereocenters. The van der Waals surface area contributed by atoms with Gasteiger partial charge >= 0.3 is 0 Å². The molecule has 10 nitrogen and oxygen atoms in total. The van der Waals surface area contributed by atoms with E-state index in [4.69, 9.17) is 30.4 Å². The van der Waals surface area contributed by atoms with Gasteiger partial charge in [0.1, 0.15) is 0 Å². The van der Waals surface area contributed by atoms with Crippen molar-refractivity contribution in [2.24, 2.45) is 21.5 Å².